The SMILES string of the molecule is CCN(CC)C(CNC(=O)Cc1ccccc1[N+](=O)[O-])C(C)C. The van der Waals surface area contributed by atoms with E-state index in [1.165, 1.54) is 6.07 Å². The Morgan fingerprint density at radius 3 is 2.39 bits per heavy atom. The van der Waals surface area contributed by atoms with Gasteiger partial charge in [0.1, 0.15) is 0 Å². The van der Waals surface area contributed by atoms with Crippen LogP contribution in [-0.4, -0.2) is 41.4 Å². The van der Waals surface area contributed by atoms with Crippen molar-refractivity contribution in [2.45, 2.75) is 40.2 Å². The van der Waals surface area contributed by atoms with Gasteiger partial charge in [-0.1, -0.05) is 45.9 Å². The van der Waals surface area contributed by atoms with Crippen LogP contribution in [0.1, 0.15) is 33.3 Å². The highest BCUT2D eigenvalue weighted by molar-refractivity contribution is 5.79. The van der Waals surface area contributed by atoms with Gasteiger partial charge in [-0.3, -0.25) is 19.8 Å². The first-order valence-electron chi connectivity index (χ1n) is 8.13. The van der Waals surface area contributed by atoms with Crippen molar-refractivity contribution in [1.29, 1.82) is 0 Å². The first kappa shape index (κ1) is 19.1. The molecular weight excluding hydrogens is 294 g/mol. The highest BCUT2D eigenvalue weighted by Gasteiger charge is 2.21. The summed E-state index contributed by atoms with van der Waals surface area (Å²) in [5.41, 5.74) is 0.436. The summed E-state index contributed by atoms with van der Waals surface area (Å²) >= 11 is 0. The zero-order chi connectivity index (χ0) is 17.4. The number of carbonyl (C=O) groups excluding carboxylic acids is 1. The van der Waals surface area contributed by atoms with E-state index in [9.17, 15) is 14.9 Å². The Labute approximate surface area is 138 Å². The zero-order valence-electron chi connectivity index (χ0n) is 14.4. The van der Waals surface area contributed by atoms with Crippen molar-refractivity contribution in [2.75, 3.05) is 19.6 Å². The molecule has 0 aliphatic heterocycles. The number of amides is 1. The maximum absolute atomic E-state index is 12.2. The van der Waals surface area contributed by atoms with Crippen molar-refractivity contribution >= 4 is 11.6 Å². The Bertz CT molecular complexity index is 528. The molecule has 0 heterocycles. The molecule has 1 unspecified atom stereocenters. The lowest BCUT2D eigenvalue weighted by atomic mass is 10.0. The monoisotopic (exact) mass is 321 g/mol. The highest BCUT2D eigenvalue weighted by Crippen LogP contribution is 2.18. The largest absolute Gasteiger partial charge is 0.354 e. The van der Waals surface area contributed by atoms with Crippen LogP contribution in [0.2, 0.25) is 0 Å². The van der Waals surface area contributed by atoms with E-state index in [2.05, 4.69) is 37.9 Å². The molecule has 0 saturated carbocycles. The van der Waals surface area contributed by atoms with Crippen molar-refractivity contribution in [3.8, 4) is 0 Å². The second-order valence-corrected chi connectivity index (χ2v) is 5.90. The lowest BCUT2D eigenvalue weighted by Crippen LogP contribution is -2.47. The van der Waals surface area contributed by atoms with Gasteiger partial charge in [0.15, 0.2) is 0 Å². The average molecular weight is 321 g/mol. The van der Waals surface area contributed by atoms with E-state index in [1.54, 1.807) is 18.2 Å². The number of carbonyl (C=O) groups is 1. The summed E-state index contributed by atoms with van der Waals surface area (Å²) in [5.74, 6) is 0.235. The van der Waals surface area contributed by atoms with Crippen LogP contribution in [0, 0.1) is 16.0 Å². The molecule has 0 aromatic heterocycles. The molecule has 0 bridgehead atoms. The van der Waals surface area contributed by atoms with Gasteiger partial charge in [0, 0.05) is 24.2 Å². The summed E-state index contributed by atoms with van der Waals surface area (Å²) in [6.07, 6.45) is 0.0280. The lowest BCUT2D eigenvalue weighted by Gasteiger charge is -2.32. The minimum Gasteiger partial charge on any atom is -0.354 e. The van der Waals surface area contributed by atoms with Crippen molar-refractivity contribution in [1.82, 2.24) is 10.2 Å². The third kappa shape index (κ3) is 5.63. The minimum absolute atomic E-state index is 0.00759. The molecule has 0 saturated heterocycles. The van der Waals surface area contributed by atoms with E-state index >= 15 is 0 Å². The molecule has 6 nitrogen and oxygen atoms in total. The summed E-state index contributed by atoms with van der Waals surface area (Å²) in [5, 5.41) is 13.9. The van der Waals surface area contributed by atoms with Gasteiger partial charge in [0.05, 0.1) is 11.3 Å². The van der Waals surface area contributed by atoms with Gasteiger partial charge in [0.2, 0.25) is 5.91 Å². The number of likely N-dealkylation sites (N-methyl/N-ethyl adjacent to an activating group) is 1. The zero-order valence-corrected chi connectivity index (χ0v) is 14.4. The molecule has 128 valence electrons. The molecule has 0 fully saturated rings. The number of nitro groups is 1. The van der Waals surface area contributed by atoms with Crippen LogP contribution in [-0.2, 0) is 11.2 Å². The van der Waals surface area contributed by atoms with Crippen molar-refractivity contribution in [3.63, 3.8) is 0 Å². The fourth-order valence-electron chi connectivity index (χ4n) is 2.77. The van der Waals surface area contributed by atoms with Gasteiger partial charge in [-0.25, -0.2) is 0 Å². The predicted octanol–water partition coefficient (Wildman–Crippen LogP) is 2.62. The number of nitro benzene ring substituents is 1. The molecule has 1 N–H and O–H groups in total. The average Bonchev–Trinajstić information content (AvgIpc) is 2.51. The summed E-state index contributed by atoms with van der Waals surface area (Å²) in [7, 11) is 0. The normalized spacial score (nSPS) is 12.4. The van der Waals surface area contributed by atoms with Crippen molar-refractivity contribution in [2.24, 2.45) is 5.92 Å². The second-order valence-electron chi connectivity index (χ2n) is 5.90. The third-order valence-electron chi connectivity index (χ3n) is 4.10. The molecule has 23 heavy (non-hydrogen) atoms. The van der Waals surface area contributed by atoms with Crippen LogP contribution in [0.15, 0.2) is 24.3 Å². The highest BCUT2D eigenvalue weighted by atomic mass is 16.6. The number of hydrogen-bond donors (Lipinski definition) is 1. The van der Waals surface area contributed by atoms with E-state index in [0.717, 1.165) is 13.1 Å². The third-order valence-corrected chi connectivity index (χ3v) is 4.10. The Morgan fingerprint density at radius 2 is 1.87 bits per heavy atom. The molecule has 1 aromatic rings. The van der Waals surface area contributed by atoms with Gasteiger partial charge in [-0.2, -0.15) is 0 Å². The summed E-state index contributed by atoms with van der Waals surface area (Å²) in [6.45, 7) is 10.9. The van der Waals surface area contributed by atoms with Crippen LogP contribution in [0.5, 0.6) is 0 Å². The van der Waals surface area contributed by atoms with Crippen LogP contribution < -0.4 is 5.32 Å². The molecule has 0 radical (unpaired) electrons. The topological polar surface area (TPSA) is 75.5 Å². The first-order chi connectivity index (χ1) is 10.9. The van der Waals surface area contributed by atoms with Gasteiger partial charge < -0.3 is 5.32 Å². The maximum atomic E-state index is 12.2. The van der Waals surface area contributed by atoms with Crippen molar-refractivity contribution < 1.29 is 9.72 Å². The Hall–Kier alpha value is -1.95. The Morgan fingerprint density at radius 1 is 1.26 bits per heavy atom. The van der Waals surface area contributed by atoms with Crippen molar-refractivity contribution in [3.05, 3.63) is 39.9 Å². The van der Waals surface area contributed by atoms with E-state index in [4.69, 9.17) is 0 Å². The maximum Gasteiger partial charge on any atom is 0.273 e. The number of benzene rings is 1. The predicted molar refractivity (Wildman–Crippen MR) is 91.4 cm³/mol. The number of nitrogens with zero attached hydrogens (tertiary/aromatic N) is 2. The molecule has 1 aromatic carbocycles. The molecule has 0 aliphatic rings. The van der Waals surface area contributed by atoms with E-state index in [0.29, 0.717) is 18.0 Å². The second kappa shape index (κ2) is 9.25. The van der Waals surface area contributed by atoms with E-state index in [1.807, 2.05) is 0 Å². The van der Waals surface area contributed by atoms with Gasteiger partial charge in [0.25, 0.3) is 5.69 Å². The Balaban J connectivity index is 2.68. The quantitative estimate of drug-likeness (QED) is 0.560. The molecule has 1 amide bonds. The van der Waals surface area contributed by atoms with Crippen LogP contribution in [0.3, 0.4) is 0 Å². The molecule has 1 atom stereocenters. The summed E-state index contributed by atoms with van der Waals surface area (Å²) < 4.78 is 0. The minimum atomic E-state index is -0.449. The van der Waals surface area contributed by atoms with Gasteiger partial charge in [-0.05, 0) is 19.0 Å². The summed E-state index contributed by atoms with van der Waals surface area (Å²) in [4.78, 5) is 25.0. The van der Waals surface area contributed by atoms with Crippen LogP contribution >= 0.6 is 0 Å². The van der Waals surface area contributed by atoms with Gasteiger partial charge >= 0.3 is 0 Å². The number of rotatable bonds is 9. The fraction of sp³-hybridized carbons (Fsp3) is 0.588. The molecular formula is C17H27N3O3. The van der Waals surface area contributed by atoms with E-state index in [-0.39, 0.29) is 24.1 Å². The number of para-hydroxylation sites is 1. The lowest BCUT2D eigenvalue weighted by molar-refractivity contribution is -0.385. The first-order valence-corrected chi connectivity index (χ1v) is 8.13. The molecule has 0 aliphatic carbocycles. The number of nitrogens with one attached hydrogen (secondary N) is 1. The smallest absolute Gasteiger partial charge is 0.273 e. The fourth-order valence-corrected chi connectivity index (χ4v) is 2.77. The van der Waals surface area contributed by atoms with Crippen LogP contribution in [0.4, 0.5) is 5.69 Å². The Kier molecular flexibility index (Phi) is 7.68. The molecule has 1 rings (SSSR count). The molecule has 6 heteroatoms. The van der Waals surface area contributed by atoms with Gasteiger partial charge in [-0.15, -0.1) is 0 Å². The standard InChI is InChI=1S/C17H27N3O3/c1-5-19(6-2)16(13(3)4)12-18-17(21)11-14-9-7-8-10-15(14)20(22)23/h7-10,13,16H,5-6,11-12H2,1-4H3,(H,18,21). The number of hydrogen-bond acceptors (Lipinski definition) is 4. The van der Waals surface area contributed by atoms with E-state index < -0.39 is 4.92 Å². The van der Waals surface area contributed by atoms with Crippen LogP contribution in [0.25, 0.3) is 0 Å². The summed E-state index contributed by atoms with van der Waals surface area (Å²) in [6, 6.07) is 6.63. The molecule has 0 spiro atoms.